The van der Waals surface area contributed by atoms with E-state index >= 15 is 0 Å². The van der Waals surface area contributed by atoms with Crippen LogP contribution in [0.15, 0.2) is 24.3 Å². The van der Waals surface area contributed by atoms with Crippen molar-refractivity contribution in [3.05, 3.63) is 35.4 Å². The Balaban J connectivity index is 1.76. The average molecular weight is 273 g/mol. The molecule has 20 heavy (non-hydrogen) atoms. The van der Waals surface area contributed by atoms with Crippen LogP contribution in [0.4, 0.5) is 0 Å². The SMILES string of the molecule is Cc1ccccc1C(=O)N1CCC2(O)CCCCC2C1. The minimum Gasteiger partial charge on any atom is -0.389 e. The van der Waals surface area contributed by atoms with Gasteiger partial charge in [-0.1, -0.05) is 31.0 Å². The number of amides is 1. The lowest BCUT2D eigenvalue weighted by molar-refractivity contribution is -0.0886. The first kappa shape index (κ1) is 13.6. The van der Waals surface area contributed by atoms with Gasteiger partial charge < -0.3 is 10.0 Å². The maximum atomic E-state index is 12.6. The Morgan fingerprint density at radius 1 is 1.30 bits per heavy atom. The monoisotopic (exact) mass is 273 g/mol. The van der Waals surface area contributed by atoms with Crippen LogP contribution in [0.1, 0.15) is 48.0 Å². The minimum atomic E-state index is -0.513. The van der Waals surface area contributed by atoms with Gasteiger partial charge in [-0.05, 0) is 37.8 Å². The third-order valence-corrected chi connectivity index (χ3v) is 5.09. The molecular formula is C17H23NO2. The number of rotatable bonds is 1. The number of benzene rings is 1. The van der Waals surface area contributed by atoms with Crippen LogP contribution >= 0.6 is 0 Å². The predicted octanol–water partition coefficient (Wildman–Crippen LogP) is 2.76. The lowest BCUT2D eigenvalue weighted by atomic mass is 9.71. The van der Waals surface area contributed by atoms with Crippen molar-refractivity contribution in [2.24, 2.45) is 5.92 Å². The lowest BCUT2D eigenvalue weighted by Crippen LogP contribution is -2.54. The van der Waals surface area contributed by atoms with Crippen molar-refractivity contribution in [2.45, 2.75) is 44.6 Å². The number of aryl methyl sites for hydroxylation is 1. The van der Waals surface area contributed by atoms with Crippen LogP contribution in [-0.4, -0.2) is 34.6 Å². The molecule has 0 aromatic heterocycles. The minimum absolute atomic E-state index is 0.121. The molecule has 2 atom stereocenters. The van der Waals surface area contributed by atoms with Crippen LogP contribution in [0.25, 0.3) is 0 Å². The Hall–Kier alpha value is -1.35. The van der Waals surface area contributed by atoms with Gasteiger partial charge in [0.05, 0.1) is 5.60 Å². The Bertz CT molecular complexity index is 513. The number of aliphatic hydroxyl groups is 1. The molecule has 0 bridgehead atoms. The molecule has 1 aliphatic carbocycles. The van der Waals surface area contributed by atoms with Gasteiger partial charge in [-0.2, -0.15) is 0 Å². The van der Waals surface area contributed by atoms with Crippen molar-refractivity contribution in [3.8, 4) is 0 Å². The lowest BCUT2D eigenvalue weighted by Gasteiger charge is -2.47. The van der Waals surface area contributed by atoms with Crippen LogP contribution in [0.2, 0.25) is 0 Å². The van der Waals surface area contributed by atoms with Crippen LogP contribution in [0.3, 0.4) is 0 Å². The first-order valence-corrected chi connectivity index (χ1v) is 7.67. The number of nitrogens with zero attached hydrogens (tertiary/aromatic N) is 1. The van der Waals surface area contributed by atoms with Crippen molar-refractivity contribution in [3.63, 3.8) is 0 Å². The van der Waals surface area contributed by atoms with Gasteiger partial charge in [0.15, 0.2) is 0 Å². The van der Waals surface area contributed by atoms with Crippen LogP contribution in [0.5, 0.6) is 0 Å². The van der Waals surface area contributed by atoms with Crippen molar-refractivity contribution >= 4 is 5.91 Å². The van der Waals surface area contributed by atoms with E-state index in [1.807, 2.05) is 36.1 Å². The van der Waals surface area contributed by atoms with Crippen molar-refractivity contribution in [1.82, 2.24) is 4.90 Å². The molecule has 2 fully saturated rings. The fraction of sp³-hybridized carbons (Fsp3) is 0.588. The maximum Gasteiger partial charge on any atom is 0.254 e. The second kappa shape index (κ2) is 5.21. The average Bonchev–Trinajstić information content (AvgIpc) is 2.46. The molecular weight excluding hydrogens is 250 g/mol. The molecule has 1 aromatic carbocycles. The maximum absolute atomic E-state index is 12.6. The topological polar surface area (TPSA) is 40.5 Å². The number of hydrogen-bond donors (Lipinski definition) is 1. The molecule has 0 spiro atoms. The molecule has 1 aliphatic heterocycles. The fourth-order valence-corrected chi connectivity index (χ4v) is 3.74. The summed E-state index contributed by atoms with van der Waals surface area (Å²) in [7, 11) is 0. The normalized spacial score (nSPS) is 29.9. The highest BCUT2D eigenvalue weighted by atomic mass is 16.3. The zero-order valence-electron chi connectivity index (χ0n) is 12.1. The quantitative estimate of drug-likeness (QED) is 0.854. The summed E-state index contributed by atoms with van der Waals surface area (Å²) < 4.78 is 0. The van der Waals surface area contributed by atoms with Gasteiger partial charge in [-0.3, -0.25) is 4.79 Å². The molecule has 1 saturated heterocycles. The van der Waals surface area contributed by atoms with Crippen LogP contribution < -0.4 is 0 Å². The van der Waals surface area contributed by atoms with E-state index in [0.29, 0.717) is 13.1 Å². The highest BCUT2D eigenvalue weighted by molar-refractivity contribution is 5.95. The summed E-state index contributed by atoms with van der Waals surface area (Å²) in [5.41, 5.74) is 1.32. The summed E-state index contributed by atoms with van der Waals surface area (Å²) in [6, 6.07) is 7.76. The van der Waals surface area contributed by atoms with E-state index in [1.165, 1.54) is 6.42 Å². The first-order chi connectivity index (χ1) is 9.60. The van der Waals surface area contributed by atoms with Crippen LogP contribution in [0, 0.1) is 12.8 Å². The number of piperidine rings is 1. The number of likely N-dealkylation sites (tertiary alicyclic amines) is 1. The molecule has 3 nitrogen and oxygen atoms in total. The fourth-order valence-electron chi connectivity index (χ4n) is 3.74. The third-order valence-electron chi connectivity index (χ3n) is 5.09. The van der Waals surface area contributed by atoms with E-state index in [0.717, 1.165) is 36.8 Å². The molecule has 1 saturated carbocycles. The summed E-state index contributed by atoms with van der Waals surface area (Å²) in [4.78, 5) is 14.6. The Morgan fingerprint density at radius 3 is 2.90 bits per heavy atom. The van der Waals surface area contributed by atoms with E-state index < -0.39 is 5.60 Å². The summed E-state index contributed by atoms with van der Waals surface area (Å²) in [5, 5.41) is 10.7. The summed E-state index contributed by atoms with van der Waals surface area (Å²) in [5.74, 6) is 0.383. The van der Waals surface area contributed by atoms with Gasteiger partial charge >= 0.3 is 0 Å². The number of carbonyl (C=O) groups excluding carboxylic acids is 1. The van der Waals surface area contributed by atoms with Crippen LogP contribution in [-0.2, 0) is 0 Å². The molecule has 3 rings (SSSR count). The second-order valence-corrected chi connectivity index (χ2v) is 6.36. The molecule has 1 aromatic rings. The van der Waals surface area contributed by atoms with Gasteiger partial charge in [0.2, 0.25) is 0 Å². The van der Waals surface area contributed by atoms with Gasteiger partial charge in [-0.15, -0.1) is 0 Å². The predicted molar refractivity (Wildman–Crippen MR) is 78.6 cm³/mol. The van der Waals surface area contributed by atoms with Gasteiger partial charge in [0, 0.05) is 24.6 Å². The number of carbonyl (C=O) groups is 1. The van der Waals surface area contributed by atoms with E-state index in [-0.39, 0.29) is 11.8 Å². The summed E-state index contributed by atoms with van der Waals surface area (Å²) in [6.07, 6.45) is 4.99. The second-order valence-electron chi connectivity index (χ2n) is 6.36. The molecule has 108 valence electrons. The molecule has 2 unspecified atom stereocenters. The Labute approximate surface area is 120 Å². The zero-order chi connectivity index (χ0) is 14.2. The van der Waals surface area contributed by atoms with Gasteiger partial charge in [0.25, 0.3) is 5.91 Å². The first-order valence-electron chi connectivity index (χ1n) is 7.67. The molecule has 1 amide bonds. The zero-order valence-corrected chi connectivity index (χ0v) is 12.1. The van der Waals surface area contributed by atoms with Gasteiger partial charge in [-0.25, -0.2) is 0 Å². The Morgan fingerprint density at radius 2 is 2.10 bits per heavy atom. The van der Waals surface area contributed by atoms with E-state index in [1.54, 1.807) is 0 Å². The van der Waals surface area contributed by atoms with Crippen molar-refractivity contribution < 1.29 is 9.90 Å². The molecule has 3 heteroatoms. The van der Waals surface area contributed by atoms with E-state index in [2.05, 4.69) is 0 Å². The Kier molecular flexibility index (Phi) is 3.55. The molecule has 2 aliphatic rings. The third kappa shape index (κ3) is 2.35. The number of fused-ring (bicyclic) bond motifs is 1. The van der Waals surface area contributed by atoms with E-state index in [4.69, 9.17) is 0 Å². The summed E-state index contributed by atoms with van der Waals surface area (Å²) in [6.45, 7) is 3.37. The van der Waals surface area contributed by atoms with Gasteiger partial charge in [0.1, 0.15) is 0 Å². The standard InChI is InChI=1S/C17H23NO2/c1-13-6-2-3-8-15(13)16(19)18-11-10-17(20)9-5-4-7-14(17)12-18/h2-3,6,8,14,20H,4-5,7,9-12H2,1H3. The van der Waals surface area contributed by atoms with Crippen molar-refractivity contribution in [1.29, 1.82) is 0 Å². The largest absolute Gasteiger partial charge is 0.389 e. The highest BCUT2D eigenvalue weighted by Crippen LogP contribution is 2.40. The number of hydrogen-bond acceptors (Lipinski definition) is 2. The molecule has 1 N–H and O–H groups in total. The molecule has 0 radical (unpaired) electrons. The van der Waals surface area contributed by atoms with Crippen molar-refractivity contribution in [2.75, 3.05) is 13.1 Å². The molecule has 1 heterocycles. The highest BCUT2D eigenvalue weighted by Gasteiger charge is 2.43. The smallest absolute Gasteiger partial charge is 0.254 e. The summed E-state index contributed by atoms with van der Waals surface area (Å²) >= 11 is 0. The van der Waals surface area contributed by atoms with E-state index in [9.17, 15) is 9.90 Å².